The maximum Gasteiger partial charge on any atom is 0.0705 e. The van der Waals surface area contributed by atoms with Crippen molar-refractivity contribution in [2.24, 2.45) is 0 Å². The van der Waals surface area contributed by atoms with E-state index in [2.05, 4.69) is 28.6 Å². The molecule has 2 aromatic rings. The number of para-hydroxylation sites is 1. The molecule has 0 bridgehead atoms. The lowest BCUT2D eigenvalue weighted by molar-refractivity contribution is 0.202. The molecular formula is C15H18N2O. The number of rotatable bonds is 6. The van der Waals surface area contributed by atoms with Crippen LogP contribution in [-0.4, -0.2) is 34.7 Å². The second-order valence-corrected chi connectivity index (χ2v) is 4.24. The Kier molecular flexibility index (Phi) is 4.45. The average molecular weight is 242 g/mol. The molecule has 0 spiro atoms. The number of aliphatic hydroxyl groups is 1. The van der Waals surface area contributed by atoms with Crippen LogP contribution in [-0.2, 0) is 6.54 Å². The van der Waals surface area contributed by atoms with Crippen molar-refractivity contribution in [3.8, 4) is 0 Å². The number of aromatic nitrogens is 1. The predicted molar refractivity (Wildman–Crippen MR) is 74.3 cm³/mol. The van der Waals surface area contributed by atoms with Gasteiger partial charge in [-0.05, 0) is 12.1 Å². The molecule has 1 aromatic heterocycles. The minimum Gasteiger partial charge on any atom is -0.395 e. The molecule has 0 saturated heterocycles. The quantitative estimate of drug-likeness (QED) is 0.789. The fraction of sp³-hybridized carbons (Fsp3) is 0.267. The lowest BCUT2D eigenvalue weighted by Gasteiger charge is -2.18. The van der Waals surface area contributed by atoms with Crippen LogP contribution in [0.3, 0.4) is 0 Å². The van der Waals surface area contributed by atoms with Crippen LogP contribution in [0.4, 0.5) is 0 Å². The molecule has 1 N–H and O–H groups in total. The van der Waals surface area contributed by atoms with Crippen molar-refractivity contribution in [2.45, 2.75) is 6.54 Å². The molecule has 2 rings (SSSR count). The van der Waals surface area contributed by atoms with E-state index in [1.807, 2.05) is 30.3 Å². The Hall–Kier alpha value is -1.71. The smallest absolute Gasteiger partial charge is 0.0705 e. The van der Waals surface area contributed by atoms with Crippen LogP contribution in [0, 0.1) is 0 Å². The molecule has 0 radical (unpaired) electrons. The van der Waals surface area contributed by atoms with E-state index < -0.39 is 0 Å². The Morgan fingerprint density at radius 2 is 2.06 bits per heavy atom. The van der Waals surface area contributed by atoms with Crippen molar-refractivity contribution in [3.63, 3.8) is 0 Å². The minimum atomic E-state index is 0.154. The Bertz CT molecular complexity index is 525. The highest BCUT2D eigenvalue weighted by Gasteiger charge is 2.05. The third kappa shape index (κ3) is 3.15. The van der Waals surface area contributed by atoms with Crippen LogP contribution in [0.2, 0.25) is 0 Å². The maximum atomic E-state index is 9.02. The first-order valence-corrected chi connectivity index (χ1v) is 6.12. The van der Waals surface area contributed by atoms with E-state index in [0.717, 1.165) is 29.7 Å². The number of aliphatic hydroxyl groups excluding tert-OH is 1. The molecule has 18 heavy (non-hydrogen) atoms. The lowest BCUT2D eigenvalue weighted by atomic mass is 10.2. The highest BCUT2D eigenvalue weighted by Crippen LogP contribution is 2.12. The van der Waals surface area contributed by atoms with Gasteiger partial charge in [0.05, 0.1) is 17.8 Å². The summed E-state index contributed by atoms with van der Waals surface area (Å²) in [5.41, 5.74) is 2.03. The SMILES string of the molecule is C=CCN(CCO)Cc1ccc2ccccc2n1. The van der Waals surface area contributed by atoms with Gasteiger partial charge in [-0.15, -0.1) is 6.58 Å². The van der Waals surface area contributed by atoms with E-state index in [1.165, 1.54) is 0 Å². The van der Waals surface area contributed by atoms with Gasteiger partial charge in [0.25, 0.3) is 0 Å². The van der Waals surface area contributed by atoms with Gasteiger partial charge < -0.3 is 5.11 Å². The van der Waals surface area contributed by atoms with Gasteiger partial charge in [-0.1, -0.05) is 30.3 Å². The molecule has 0 atom stereocenters. The zero-order valence-electron chi connectivity index (χ0n) is 10.4. The third-order valence-corrected chi connectivity index (χ3v) is 2.85. The number of benzene rings is 1. The molecule has 0 amide bonds. The second kappa shape index (κ2) is 6.28. The summed E-state index contributed by atoms with van der Waals surface area (Å²) in [6.45, 7) is 6.02. The van der Waals surface area contributed by atoms with Crippen molar-refractivity contribution < 1.29 is 5.11 Å². The Labute approximate surface area is 107 Å². The Morgan fingerprint density at radius 3 is 2.83 bits per heavy atom. The summed E-state index contributed by atoms with van der Waals surface area (Å²) in [6, 6.07) is 12.2. The molecule has 94 valence electrons. The van der Waals surface area contributed by atoms with Crippen molar-refractivity contribution in [3.05, 3.63) is 54.7 Å². The van der Waals surface area contributed by atoms with Gasteiger partial charge in [0.2, 0.25) is 0 Å². The largest absolute Gasteiger partial charge is 0.395 e. The normalized spacial score (nSPS) is 11.0. The molecule has 3 nitrogen and oxygen atoms in total. The second-order valence-electron chi connectivity index (χ2n) is 4.24. The van der Waals surface area contributed by atoms with Gasteiger partial charge in [0.1, 0.15) is 0 Å². The van der Waals surface area contributed by atoms with Crippen molar-refractivity contribution in [1.29, 1.82) is 0 Å². The number of hydrogen-bond donors (Lipinski definition) is 1. The standard InChI is InChI=1S/C15H18N2O/c1-2-9-17(10-11-18)12-14-8-7-13-5-3-4-6-15(13)16-14/h2-8,18H,1,9-12H2. The first-order chi connectivity index (χ1) is 8.83. The fourth-order valence-electron chi connectivity index (χ4n) is 1.98. The number of fused-ring (bicyclic) bond motifs is 1. The number of hydrogen-bond acceptors (Lipinski definition) is 3. The van der Waals surface area contributed by atoms with Gasteiger partial charge in [-0.2, -0.15) is 0 Å². The highest BCUT2D eigenvalue weighted by atomic mass is 16.3. The van der Waals surface area contributed by atoms with Crippen LogP contribution in [0.15, 0.2) is 49.1 Å². The molecule has 0 saturated carbocycles. The van der Waals surface area contributed by atoms with Gasteiger partial charge in [-0.3, -0.25) is 9.88 Å². The summed E-state index contributed by atoms with van der Waals surface area (Å²) in [5.74, 6) is 0. The van der Waals surface area contributed by atoms with Gasteiger partial charge >= 0.3 is 0 Å². The molecule has 3 heteroatoms. The third-order valence-electron chi connectivity index (χ3n) is 2.85. The van der Waals surface area contributed by atoms with E-state index >= 15 is 0 Å². The summed E-state index contributed by atoms with van der Waals surface area (Å²) in [5, 5.41) is 10.2. The summed E-state index contributed by atoms with van der Waals surface area (Å²) in [7, 11) is 0. The van der Waals surface area contributed by atoms with Crippen molar-refractivity contribution in [1.82, 2.24) is 9.88 Å². The minimum absolute atomic E-state index is 0.154. The average Bonchev–Trinajstić information content (AvgIpc) is 2.39. The van der Waals surface area contributed by atoms with Crippen LogP contribution in [0.5, 0.6) is 0 Å². The Morgan fingerprint density at radius 1 is 1.22 bits per heavy atom. The highest BCUT2D eigenvalue weighted by molar-refractivity contribution is 5.78. The number of nitrogens with zero attached hydrogens (tertiary/aromatic N) is 2. The Balaban J connectivity index is 2.17. The molecular weight excluding hydrogens is 224 g/mol. The molecule has 0 aliphatic heterocycles. The van der Waals surface area contributed by atoms with E-state index in [4.69, 9.17) is 5.11 Å². The molecule has 1 aromatic carbocycles. The van der Waals surface area contributed by atoms with E-state index in [0.29, 0.717) is 6.54 Å². The first kappa shape index (κ1) is 12.7. The number of pyridine rings is 1. The monoisotopic (exact) mass is 242 g/mol. The van der Waals surface area contributed by atoms with Gasteiger partial charge in [0.15, 0.2) is 0 Å². The zero-order valence-corrected chi connectivity index (χ0v) is 10.4. The van der Waals surface area contributed by atoms with E-state index in [1.54, 1.807) is 0 Å². The molecule has 1 heterocycles. The topological polar surface area (TPSA) is 36.4 Å². The predicted octanol–water partition coefficient (Wildman–Crippen LogP) is 2.22. The molecule has 0 unspecified atom stereocenters. The zero-order chi connectivity index (χ0) is 12.8. The molecule has 0 aliphatic carbocycles. The summed E-state index contributed by atoms with van der Waals surface area (Å²) in [4.78, 5) is 6.74. The van der Waals surface area contributed by atoms with Crippen LogP contribution < -0.4 is 0 Å². The molecule has 0 fully saturated rings. The molecule has 0 aliphatic rings. The van der Waals surface area contributed by atoms with Crippen LogP contribution in [0.1, 0.15) is 5.69 Å². The van der Waals surface area contributed by atoms with E-state index in [-0.39, 0.29) is 6.61 Å². The van der Waals surface area contributed by atoms with E-state index in [9.17, 15) is 0 Å². The van der Waals surface area contributed by atoms with Crippen LogP contribution >= 0.6 is 0 Å². The van der Waals surface area contributed by atoms with Crippen LogP contribution in [0.25, 0.3) is 10.9 Å². The first-order valence-electron chi connectivity index (χ1n) is 6.12. The fourth-order valence-corrected chi connectivity index (χ4v) is 1.98. The summed E-state index contributed by atoms with van der Waals surface area (Å²) in [6.07, 6.45) is 1.84. The van der Waals surface area contributed by atoms with Gasteiger partial charge in [0, 0.05) is 25.0 Å². The lowest BCUT2D eigenvalue weighted by Crippen LogP contribution is -2.26. The van der Waals surface area contributed by atoms with Gasteiger partial charge in [-0.25, -0.2) is 0 Å². The van der Waals surface area contributed by atoms with Crippen molar-refractivity contribution >= 4 is 10.9 Å². The van der Waals surface area contributed by atoms with Crippen molar-refractivity contribution in [2.75, 3.05) is 19.7 Å². The maximum absolute atomic E-state index is 9.02. The summed E-state index contributed by atoms with van der Waals surface area (Å²) >= 11 is 0. The summed E-state index contributed by atoms with van der Waals surface area (Å²) < 4.78 is 0.